The summed E-state index contributed by atoms with van der Waals surface area (Å²) in [6, 6.07) is 0. The molecule has 1 N–H and O–H groups in total. The lowest BCUT2D eigenvalue weighted by Gasteiger charge is -2.32. The van der Waals surface area contributed by atoms with E-state index in [1.165, 1.54) is 30.6 Å². The SMILES string of the molecule is CC(C)(C)OC(=O)N1C[C@H](SC2CCCC2)C[C@@]1(C)C(=O)O. The first-order valence-corrected chi connectivity index (χ1v) is 8.95. The first kappa shape index (κ1) is 17.4. The van der Waals surface area contributed by atoms with Crippen molar-refractivity contribution in [3.8, 4) is 0 Å². The first-order valence-electron chi connectivity index (χ1n) is 8.01. The number of carboxylic acids is 1. The van der Waals surface area contributed by atoms with Crippen LogP contribution in [0.2, 0.25) is 0 Å². The Hall–Kier alpha value is -0.910. The van der Waals surface area contributed by atoms with Crippen molar-refractivity contribution in [1.82, 2.24) is 4.90 Å². The zero-order valence-electron chi connectivity index (χ0n) is 13.9. The Bertz CT molecular complexity index is 442. The number of rotatable bonds is 3. The summed E-state index contributed by atoms with van der Waals surface area (Å²) in [5.74, 6) is -0.951. The smallest absolute Gasteiger partial charge is 0.411 e. The maximum Gasteiger partial charge on any atom is 0.411 e. The van der Waals surface area contributed by atoms with Gasteiger partial charge in [-0.05, 0) is 47.0 Å². The first-order chi connectivity index (χ1) is 10.1. The summed E-state index contributed by atoms with van der Waals surface area (Å²) in [5, 5.41) is 10.4. The molecule has 0 aromatic carbocycles. The van der Waals surface area contributed by atoms with Crippen molar-refractivity contribution in [3.63, 3.8) is 0 Å². The number of hydrogen-bond acceptors (Lipinski definition) is 4. The highest BCUT2D eigenvalue weighted by atomic mass is 32.2. The van der Waals surface area contributed by atoms with Crippen LogP contribution in [0.4, 0.5) is 4.79 Å². The fourth-order valence-electron chi connectivity index (χ4n) is 3.21. The molecule has 0 aromatic rings. The molecule has 1 heterocycles. The molecule has 0 spiro atoms. The largest absolute Gasteiger partial charge is 0.480 e. The zero-order chi connectivity index (χ0) is 16.5. The summed E-state index contributed by atoms with van der Waals surface area (Å²) in [5.41, 5.74) is -1.79. The molecule has 0 unspecified atom stereocenters. The maximum absolute atomic E-state index is 12.4. The molecule has 1 saturated carbocycles. The third kappa shape index (κ3) is 3.89. The molecule has 1 aliphatic heterocycles. The number of thioether (sulfide) groups is 1. The molecule has 1 amide bonds. The van der Waals surface area contributed by atoms with E-state index in [0.717, 1.165) is 0 Å². The van der Waals surface area contributed by atoms with Crippen LogP contribution in [0.1, 0.15) is 59.8 Å². The van der Waals surface area contributed by atoms with Crippen molar-refractivity contribution in [2.24, 2.45) is 0 Å². The third-order valence-electron chi connectivity index (χ3n) is 4.37. The lowest BCUT2D eigenvalue weighted by molar-refractivity contribution is -0.148. The van der Waals surface area contributed by atoms with Gasteiger partial charge >= 0.3 is 12.1 Å². The second-order valence-corrected chi connectivity index (χ2v) is 9.14. The summed E-state index contributed by atoms with van der Waals surface area (Å²) in [6.07, 6.45) is 4.90. The summed E-state index contributed by atoms with van der Waals surface area (Å²) < 4.78 is 5.40. The van der Waals surface area contributed by atoms with Crippen molar-refractivity contribution in [1.29, 1.82) is 0 Å². The Balaban J connectivity index is 2.08. The molecule has 0 radical (unpaired) electrons. The lowest BCUT2D eigenvalue weighted by atomic mass is 9.99. The van der Waals surface area contributed by atoms with Crippen molar-refractivity contribution in [3.05, 3.63) is 0 Å². The van der Waals surface area contributed by atoms with Crippen LogP contribution in [0.5, 0.6) is 0 Å². The van der Waals surface area contributed by atoms with Crippen LogP contribution < -0.4 is 0 Å². The molecule has 1 saturated heterocycles. The van der Waals surface area contributed by atoms with Gasteiger partial charge in [-0.15, -0.1) is 0 Å². The van der Waals surface area contributed by atoms with Crippen LogP contribution in [0, 0.1) is 0 Å². The molecular formula is C16H27NO4S. The highest BCUT2D eigenvalue weighted by molar-refractivity contribution is 8.00. The molecule has 2 rings (SSSR count). The molecule has 2 atom stereocenters. The number of likely N-dealkylation sites (tertiary alicyclic amines) is 1. The average Bonchev–Trinajstić information content (AvgIpc) is 2.96. The van der Waals surface area contributed by atoms with Gasteiger partial charge in [-0.25, -0.2) is 9.59 Å². The Kier molecular flexibility index (Phi) is 5.00. The van der Waals surface area contributed by atoms with Crippen molar-refractivity contribution >= 4 is 23.8 Å². The number of carboxylic acid groups (broad SMARTS) is 1. The number of carbonyl (C=O) groups excluding carboxylic acids is 1. The molecule has 0 aromatic heterocycles. The van der Waals surface area contributed by atoms with Crippen LogP contribution in [0.25, 0.3) is 0 Å². The molecule has 126 valence electrons. The summed E-state index contributed by atoms with van der Waals surface area (Å²) in [7, 11) is 0. The second kappa shape index (κ2) is 6.30. The van der Waals surface area contributed by atoms with Gasteiger partial charge in [0.2, 0.25) is 0 Å². The molecule has 2 fully saturated rings. The van der Waals surface area contributed by atoms with E-state index >= 15 is 0 Å². The van der Waals surface area contributed by atoms with E-state index < -0.39 is 23.2 Å². The van der Waals surface area contributed by atoms with E-state index in [0.29, 0.717) is 18.2 Å². The monoisotopic (exact) mass is 329 g/mol. The van der Waals surface area contributed by atoms with E-state index in [4.69, 9.17) is 4.74 Å². The predicted molar refractivity (Wildman–Crippen MR) is 87.2 cm³/mol. The van der Waals surface area contributed by atoms with Crippen LogP contribution in [-0.4, -0.2) is 50.3 Å². The number of ether oxygens (including phenoxy) is 1. The number of nitrogens with zero attached hydrogens (tertiary/aromatic N) is 1. The van der Waals surface area contributed by atoms with Crippen molar-refractivity contribution < 1.29 is 19.4 Å². The van der Waals surface area contributed by atoms with Gasteiger partial charge in [0, 0.05) is 17.0 Å². The molecule has 5 nitrogen and oxygen atoms in total. The maximum atomic E-state index is 12.4. The Morgan fingerprint density at radius 1 is 1.23 bits per heavy atom. The average molecular weight is 329 g/mol. The normalized spacial score (nSPS) is 29.8. The van der Waals surface area contributed by atoms with Crippen molar-refractivity contribution in [2.75, 3.05) is 6.54 Å². The molecule has 2 aliphatic rings. The fraction of sp³-hybridized carbons (Fsp3) is 0.875. The summed E-state index contributed by atoms with van der Waals surface area (Å²) in [4.78, 5) is 25.5. The van der Waals surface area contributed by atoms with Crippen LogP contribution in [-0.2, 0) is 9.53 Å². The standard InChI is InChI=1S/C16H27NO4S/c1-15(2,3)21-14(20)17-10-12(9-16(17,4)13(18)19)22-11-7-5-6-8-11/h11-12H,5-10H2,1-4H3,(H,18,19)/t12-,16+/m1/s1. The number of aliphatic carboxylic acids is 1. The number of hydrogen-bond donors (Lipinski definition) is 1. The van der Waals surface area contributed by atoms with Gasteiger partial charge in [0.15, 0.2) is 0 Å². The molecule has 22 heavy (non-hydrogen) atoms. The van der Waals surface area contributed by atoms with Gasteiger partial charge in [0.25, 0.3) is 0 Å². The third-order valence-corrected chi connectivity index (χ3v) is 5.93. The van der Waals surface area contributed by atoms with Gasteiger partial charge in [0.05, 0.1) is 0 Å². The van der Waals surface area contributed by atoms with Gasteiger partial charge in [-0.1, -0.05) is 12.8 Å². The number of carbonyl (C=O) groups is 2. The quantitative estimate of drug-likeness (QED) is 0.858. The highest BCUT2D eigenvalue weighted by Gasteiger charge is 2.52. The minimum absolute atomic E-state index is 0.178. The van der Waals surface area contributed by atoms with Crippen LogP contribution in [0.3, 0.4) is 0 Å². The van der Waals surface area contributed by atoms with E-state index in [2.05, 4.69) is 0 Å². The number of amides is 1. The Morgan fingerprint density at radius 3 is 2.32 bits per heavy atom. The topological polar surface area (TPSA) is 66.8 Å². The summed E-state index contributed by atoms with van der Waals surface area (Å²) >= 11 is 1.86. The molecule has 0 bridgehead atoms. The fourth-order valence-corrected chi connectivity index (χ4v) is 5.01. The predicted octanol–water partition coefficient (Wildman–Crippen LogP) is 3.51. The van der Waals surface area contributed by atoms with E-state index in [9.17, 15) is 14.7 Å². The highest BCUT2D eigenvalue weighted by Crippen LogP contribution is 2.41. The van der Waals surface area contributed by atoms with Crippen LogP contribution >= 0.6 is 11.8 Å². The second-order valence-electron chi connectivity index (χ2n) is 7.54. The Labute approximate surface area is 136 Å². The molecule has 1 aliphatic carbocycles. The lowest BCUT2D eigenvalue weighted by Crippen LogP contribution is -2.52. The Morgan fingerprint density at radius 2 is 1.82 bits per heavy atom. The summed E-state index contributed by atoms with van der Waals surface area (Å²) in [6.45, 7) is 7.48. The van der Waals surface area contributed by atoms with E-state index in [-0.39, 0.29) is 5.25 Å². The minimum Gasteiger partial charge on any atom is -0.480 e. The van der Waals surface area contributed by atoms with Gasteiger partial charge in [-0.3, -0.25) is 4.90 Å². The van der Waals surface area contributed by atoms with Gasteiger partial charge in [-0.2, -0.15) is 11.8 Å². The van der Waals surface area contributed by atoms with Crippen LogP contribution in [0.15, 0.2) is 0 Å². The zero-order valence-corrected chi connectivity index (χ0v) is 14.7. The van der Waals surface area contributed by atoms with Gasteiger partial charge < -0.3 is 9.84 Å². The van der Waals surface area contributed by atoms with E-state index in [1.807, 2.05) is 11.8 Å². The minimum atomic E-state index is -1.17. The van der Waals surface area contributed by atoms with Gasteiger partial charge in [0.1, 0.15) is 11.1 Å². The van der Waals surface area contributed by atoms with E-state index in [1.54, 1.807) is 27.7 Å². The molecular weight excluding hydrogens is 302 g/mol. The molecule has 6 heteroatoms. The van der Waals surface area contributed by atoms with Crippen molar-refractivity contribution in [2.45, 2.75) is 81.4 Å².